The quantitative estimate of drug-likeness (QED) is 0.613. The van der Waals surface area contributed by atoms with Crippen LogP contribution < -0.4 is 0 Å². The van der Waals surface area contributed by atoms with Crippen LogP contribution in [0.4, 0.5) is 0 Å². The highest BCUT2D eigenvalue weighted by molar-refractivity contribution is 5.85. The number of Topliss-reactive ketones (excluding diaryl/α,β-unsaturated/α-hetero) is 1. The van der Waals surface area contributed by atoms with Crippen molar-refractivity contribution in [2.45, 2.75) is 39.2 Å². The second kappa shape index (κ2) is 9.13. The average Bonchev–Trinajstić information content (AvgIpc) is 2.30. The maximum absolute atomic E-state index is 11.8. The van der Waals surface area contributed by atoms with Crippen molar-refractivity contribution in [3.05, 3.63) is 0 Å². The highest BCUT2D eigenvalue weighted by atomic mass is 16.5. The molecule has 0 aliphatic heterocycles. The third-order valence-electron chi connectivity index (χ3n) is 2.59. The summed E-state index contributed by atoms with van der Waals surface area (Å²) >= 11 is 0. The van der Waals surface area contributed by atoms with Crippen molar-refractivity contribution >= 4 is 11.8 Å². The van der Waals surface area contributed by atoms with Gasteiger partial charge < -0.3 is 14.6 Å². The van der Waals surface area contributed by atoms with Crippen LogP contribution in [0.5, 0.6) is 0 Å². The lowest BCUT2D eigenvalue weighted by Crippen LogP contribution is -2.29. The van der Waals surface area contributed by atoms with Gasteiger partial charge in [-0.3, -0.25) is 9.59 Å². The van der Waals surface area contributed by atoms with Crippen molar-refractivity contribution in [2.24, 2.45) is 5.92 Å². The van der Waals surface area contributed by atoms with E-state index in [-0.39, 0.29) is 24.3 Å². The van der Waals surface area contributed by atoms with E-state index in [4.69, 9.17) is 9.47 Å². The van der Waals surface area contributed by atoms with E-state index in [1.807, 2.05) is 6.92 Å². The van der Waals surface area contributed by atoms with Crippen LogP contribution in [0.3, 0.4) is 0 Å². The van der Waals surface area contributed by atoms with Crippen LogP contribution in [0.2, 0.25) is 0 Å². The van der Waals surface area contributed by atoms with Gasteiger partial charge in [0.05, 0.1) is 6.61 Å². The van der Waals surface area contributed by atoms with Gasteiger partial charge in [0.15, 0.2) is 5.78 Å². The molecule has 0 spiro atoms. The molecular formula is C12H22O5. The molecule has 17 heavy (non-hydrogen) atoms. The summed E-state index contributed by atoms with van der Waals surface area (Å²) in [5.74, 6) is -0.815. The molecule has 0 amide bonds. The number of hydrogen-bond donors (Lipinski definition) is 1. The molecule has 0 fully saturated rings. The van der Waals surface area contributed by atoms with E-state index in [2.05, 4.69) is 0 Å². The predicted molar refractivity (Wildman–Crippen MR) is 62.5 cm³/mol. The SMILES string of the molecule is CCC(CCOC(C)=O)C(=O)C(O)CCOC. The van der Waals surface area contributed by atoms with Gasteiger partial charge in [-0.1, -0.05) is 6.92 Å². The molecule has 1 N–H and O–H groups in total. The van der Waals surface area contributed by atoms with Gasteiger partial charge in [-0.05, 0) is 12.8 Å². The fourth-order valence-corrected chi connectivity index (χ4v) is 1.54. The fraction of sp³-hybridized carbons (Fsp3) is 0.833. The van der Waals surface area contributed by atoms with Gasteiger partial charge in [-0.25, -0.2) is 0 Å². The zero-order valence-electron chi connectivity index (χ0n) is 10.8. The maximum Gasteiger partial charge on any atom is 0.302 e. The summed E-state index contributed by atoms with van der Waals surface area (Å²) in [6.45, 7) is 3.78. The summed E-state index contributed by atoms with van der Waals surface area (Å²) in [6, 6.07) is 0. The van der Waals surface area contributed by atoms with E-state index in [1.165, 1.54) is 14.0 Å². The number of ketones is 1. The molecule has 2 unspecified atom stereocenters. The molecule has 0 radical (unpaired) electrons. The normalized spacial score (nSPS) is 14.1. The summed E-state index contributed by atoms with van der Waals surface area (Å²) in [5.41, 5.74) is 0. The monoisotopic (exact) mass is 246 g/mol. The molecule has 5 heteroatoms. The molecule has 0 aliphatic carbocycles. The van der Waals surface area contributed by atoms with E-state index >= 15 is 0 Å². The Morgan fingerprint density at radius 2 is 1.88 bits per heavy atom. The van der Waals surface area contributed by atoms with Gasteiger partial charge in [-0.15, -0.1) is 0 Å². The van der Waals surface area contributed by atoms with E-state index in [1.54, 1.807) is 0 Å². The number of carbonyl (C=O) groups is 2. The van der Waals surface area contributed by atoms with Crippen LogP contribution in [-0.2, 0) is 19.1 Å². The highest BCUT2D eigenvalue weighted by Gasteiger charge is 2.23. The van der Waals surface area contributed by atoms with Crippen LogP contribution in [-0.4, -0.2) is 43.3 Å². The van der Waals surface area contributed by atoms with Crippen LogP contribution in [0.1, 0.15) is 33.1 Å². The third-order valence-corrected chi connectivity index (χ3v) is 2.59. The van der Waals surface area contributed by atoms with Crippen molar-refractivity contribution in [3.63, 3.8) is 0 Å². The fourth-order valence-electron chi connectivity index (χ4n) is 1.54. The molecule has 0 heterocycles. The zero-order valence-corrected chi connectivity index (χ0v) is 10.8. The summed E-state index contributed by atoms with van der Waals surface area (Å²) in [4.78, 5) is 22.4. The first kappa shape index (κ1) is 16.1. The Hall–Kier alpha value is -0.940. The lowest BCUT2D eigenvalue weighted by molar-refractivity contribution is -0.142. The molecular weight excluding hydrogens is 224 g/mol. The summed E-state index contributed by atoms with van der Waals surface area (Å²) < 4.78 is 9.59. The molecule has 2 atom stereocenters. The van der Waals surface area contributed by atoms with Crippen LogP contribution in [0, 0.1) is 5.92 Å². The maximum atomic E-state index is 11.8. The Labute approximate surface area is 102 Å². The second-order valence-corrected chi connectivity index (χ2v) is 3.93. The molecule has 0 rings (SSSR count). The molecule has 0 aromatic carbocycles. The van der Waals surface area contributed by atoms with Gasteiger partial charge in [0.1, 0.15) is 6.10 Å². The second-order valence-electron chi connectivity index (χ2n) is 3.93. The smallest absolute Gasteiger partial charge is 0.302 e. The molecule has 100 valence electrons. The first-order valence-corrected chi connectivity index (χ1v) is 5.87. The van der Waals surface area contributed by atoms with E-state index in [0.717, 1.165) is 0 Å². The Morgan fingerprint density at radius 1 is 1.24 bits per heavy atom. The van der Waals surface area contributed by atoms with Gasteiger partial charge in [0.25, 0.3) is 0 Å². The summed E-state index contributed by atoms with van der Waals surface area (Å²) in [5, 5.41) is 9.62. The molecule has 0 saturated carbocycles. The standard InChI is InChI=1S/C12H22O5/c1-4-10(5-8-17-9(2)13)12(15)11(14)6-7-16-3/h10-11,14H,4-8H2,1-3H3. The molecule has 5 nitrogen and oxygen atoms in total. The number of methoxy groups -OCH3 is 1. The average molecular weight is 246 g/mol. The molecule has 0 aliphatic rings. The molecule has 0 saturated heterocycles. The Balaban J connectivity index is 4.06. The number of carbonyl (C=O) groups excluding carboxylic acids is 2. The van der Waals surface area contributed by atoms with E-state index < -0.39 is 6.10 Å². The van der Waals surface area contributed by atoms with Gasteiger partial charge in [0, 0.05) is 33.0 Å². The van der Waals surface area contributed by atoms with Crippen molar-refractivity contribution in [3.8, 4) is 0 Å². The first-order chi connectivity index (χ1) is 8.02. The molecule has 0 aromatic rings. The Morgan fingerprint density at radius 3 is 2.35 bits per heavy atom. The minimum absolute atomic E-state index is 0.197. The topological polar surface area (TPSA) is 72.8 Å². The number of aliphatic hydroxyl groups excluding tert-OH is 1. The lowest BCUT2D eigenvalue weighted by Gasteiger charge is -2.17. The number of hydrogen-bond acceptors (Lipinski definition) is 5. The summed E-state index contributed by atoms with van der Waals surface area (Å²) in [6.07, 6.45) is 0.403. The third kappa shape index (κ3) is 7.07. The van der Waals surface area contributed by atoms with Gasteiger partial charge >= 0.3 is 5.97 Å². The zero-order chi connectivity index (χ0) is 13.3. The number of esters is 1. The minimum atomic E-state index is -0.989. The van der Waals surface area contributed by atoms with Crippen LogP contribution >= 0.6 is 0 Å². The number of aliphatic hydroxyl groups is 1. The number of rotatable bonds is 9. The van der Waals surface area contributed by atoms with E-state index in [0.29, 0.717) is 25.9 Å². The lowest BCUT2D eigenvalue weighted by atomic mass is 9.93. The van der Waals surface area contributed by atoms with Crippen LogP contribution in [0.25, 0.3) is 0 Å². The number of ether oxygens (including phenoxy) is 2. The molecule has 0 aromatic heterocycles. The van der Waals surface area contributed by atoms with Gasteiger partial charge in [0.2, 0.25) is 0 Å². The summed E-state index contributed by atoms with van der Waals surface area (Å²) in [7, 11) is 1.52. The predicted octanol–water partition coefficient (Wildman–Crippen LogP) is 0.932. The Bertz CT molecular complexity index is 239. The van der Waals surface area contributed by atoms with Crippen molar-refractivity contribution in [2.75, 3.05) is 20.3 Å². The Kier molecular flexibility index (Phi) is 8.62. The van der Waals surface area contributed by atoms with E-state index in [9.17, 15) is 14.7 Å². The highest BCUT2D eigenvalue weighted by Crippen LogP contribution is 2.14. The van der Waals surface area contributed by atoms with Crippen molar-refractivity contribution in [1.82, 2.24) is 0 Å². The minimum Gasteiger partial charge on any atom is -0.466 e. The van der Waals surface area contributed by atoms with Gasteiger partial charge in [-0.2, -0.15) is 0 Å². The van der Waals surface area contributed by atoms with Crippen molar-refractivity contribution in [1.29, 1.82) is 0 Å². The van der Waals surface area contributed by atoms with Crippen molar-refractivity contribution < 1.29 is 24.2 Å². The largest absolute Gasteiger partial charge is 0.466 e. The molecule has 0 bridgehead atoms. The first-order valence-electron chi connectivity index (χ1n) is 5.87. The van der Waals surface area contributed by atoms with Crippen LogP contribution in [0.15, 0.2) is 0 Å².